The summed E-state index contributed by atoms with van der Waals surface area (Å²) in [6.45, 7) is 3.54. The third-order valence-corrected chi connectivity index (χ3v) is 3.60. The van der Waals surface area contributed by atoms with Crippen LogP contribution >= 0.6 is 0 Å². The van der Waals surface area contributed by atoms with Crippen LogP contribution in [0.1, 0.15) is 30.4 Å². The van der Waals surface area contributed by atoms with E-state index in [9.17, 15) is 10.1 Å². The van der Waals surface area contributed by atoms with E-state index in [0.717, 1.165) is 30.9 Å². The number of aromatic nitrogens is 1. The predicted molar refractivity (Wildman–Crippen MR) is 70.9 cm³/mol. The summed E-state index contributed by atoms with van der Waals surface area (Å²) in [4.78, 5) is 17.0. The van der Waals surface area contributed by atoms with E-state index in [2.05, 4.69) is 16.0 Å². The second kappa shape index (κ2) is 5.70. The van der Waals surface area contributed by atoms with Crippen LogP contribution in [-0.2, 0) is 4.79 Å². The molecular weight excluding hydrogens is 242 g/mol. The van der Waals surface area contributed by atoms with Crippen molar-refractivity contribution in [2.24, 2.45) is 5.92 Å². The van der Waals surface area contributed by atoms with Crippen LogP contribution in [0.3, 0.4) is 0 Å². The third kappa shape index (κ3) is 3.02. The van der Waals surface area contributed by atoms with E-state index in [1.807, 2.05) is 13.0 Å². The van der Waals surface area contributed by atoms with E-state index in [-0.39, 0.29) is 6.42 Å². The van der Waals surface area contributed by atoms with E-state index in [1.54, 1.807) is 6.20 Å². The standard InChI is InChI=1S/C14H17N3O2/c1-10-4-6-16-14(12(10)8-15)17-7-5-11(9-17)2-3-13(18)19/h4,6,11H,2-3,5,7,9H2,1H3,(H,18,19). The summed E-state index contributed by atoms with van der Waals surface area (Å²) in [7, 11) is 0. The van der Waals surface area contributed by atoms with Gasteiger partial charge in [0.1, 0.15) is 11.9 Å². The van der Waals surface area contributed by atoms with E-state index in [0.29, 0.717) is 17.9 Å². The highest BCUT2D eigenvalue weighted by Crippen LogP contribution is 2.28. The Kier molecular flexibility index (Phi) is 4.00. The van der Waals surface area contributed by atoms with Crippen molar-refractivity contribution in [1.82, 2.24) is 4.98 Å². The van der Waals surface area contributed by atoms with Gasteiger partial charge in [-0.25, -0.2) is 4.98 Å². The first kappa shape index (κ1) is 13.3. The Balaban J connectivity index is 2.07. The molecule has 0 aliphatic carbocycles. The topological polar surface area (TPSA) is 77.2 Å². The summed E-state index contributed by atoms with van der Waals surface area (Å²) in [5.74, 6) is 0.370. The molecule has 1 aromatic heterocycles. The zero-order chi connectivity index (χ0) is 13.8. The van der Waals surface area contributed by atoms with Gasteiger partial charge >= 0.3 is 5.97 Å². The molecule has 2 heterocycles. The van der Waals surface area contributed by atoms with Gasteiger partial charge < -0.3 is 10.0 Å². The molecule has 19 heavy (non-hydrogen) atoms. The Morgan fingerprint density at radius 3 is 3.16 bits per heavy atom. The number of pyridine rings is 1. The molecule has 5 nitrogen and oxygen atoms in total. The highest BCUT2D eigenvalue weighted by atomic mass is 16.4. The van der Waals surface area contributed by atoms with Gasteiger partial charge in [-0.3, -0.25) is 4.79 Å². The zero-order valence-corrected chi connectivity index (χ0v) is 11.0. The molecule has 1 N–H and O–H groups in total. The number of rotatable bonds is 4. The molecule has 0 amide bonds. The first-order valence-electron chi connectivity index (χ1n) is 6.44. The first-order chi connectivity index (χ1) is 9.11. The summed E-state index contributed by atoms with van der Waals surface area (Å²) in [5, 5.41) is 17.9. The number of hydrogen-bond acceptors (Lipinski definition) is 4. The molecule has 100 valence electrons. The number of aliphatic carboxylic acids is 1. The average molecular weight is 259 g/mol. The van der Waals surface area contributed by atoms with Gasteiger partial charge in [-0.05, 0) is 37.3 Å². The highest BCUT2D eigenvalue weighted by Gasteiger charge is 2.25. The Hall–Kier alpha value is -2.09. The number of aryl methyl sites for hydroxylation is 1. The quantitative estimate of drug-likeness (QED) is 0.894. The Labute approximate surface area is 112 Å². The molecule has 0 saturated carbocycles. The molecule has 1 unspecified atom stereocenters. The van der Waals surface area contributed by atoms with Gasteiger partial charge in [-0.15, -0.1) is 0 Å². The fraction of sp³-hybridized carbons (Fsp3) is 0.500. The van der Waals surface area contributed by atoms with Gasteiger partial charge in [0.15, 0.2) is 0 Å². The molecule has 0 radical (unpaired) electrons. The lowest BCUT2D eigenvalue weighted by Crippen LogP contribution is -2.22. The number of nitriles is 1. The van der Waals surface area contributed by atoms with Crippen molar-refractivity contribution in [2.75, 3.05) is 18.0 Å². The van der Waals surface area contributed by atoms with Crippen LogP contribution in [0.5, 0.6) is 0 Å². The van der Waals surface area contributed by atoms with Crippen molar-refractivity contribution in [2.45, 2.75) is 26.2 Å². The van der Waals surface area contributed by atoms with E-state index in [1.165, 1.54) is 0 Å². The largest absolute Gasteiger partial charge is 0.481 e. The van der Waals surface area contributed by atoms with Crippen LogP contribution in [0.15, 0.2) is 12.3 Å². The number of nitrogens with zero attached hydrogens (tertiary/aromatic N) is 3. The summed E-state index contributed by atoms with van der Waals surface area (Å²) in [5.41, 5.74) is 1.56. The van der Waals surface area contributed by atoms with Crippen molar-refractivity contribution in [1.29, 1.82) is 5.26 Å². The van der Waals surface area contributed by atoms with Gasteiger partial charge in [0, 0.05) is 25.7 Å². The van der Waals surface area contributed by atoms with Crippen LogP contribution in [0.25, 0.3) is 0 Å². The van der Waals surface area contributed by atoms with Crippen molar-refractivity contribution in [3.05, 3.63) is 23.4 Å². The van der Waals surface area contributed by atoms with Crippen LogP contribution < -0.4 is 4.90 Å². The highest BCUT2D eigenvalue weighted by molar-refractivity contribution is 5.66. The molecule has 0 spiro atoms. The fourth-order valence-electron chi connectivity index (χ4n) is 2.51. The molecule has 1 saturated heterocycles. The van der Waals surface area contributed by atoms with Gasteiger partial charge in [0.2, 0.25) is 0 Å². The lowest BCUT2D eigenvalue weighted by molar-refractivity contribution is -0.137. The summed E-state index contributed by atoms with van der Waals surface area (Å²) in [6.07, 6.45) is 3.59. The predicted octanol–water partition coefficient (Wildman–Crippen LogP) is 1.95. The summed E-state index contributed by atoms with van der Waals surface area (Å²) < 4.78 is 0. The smallest absolute Gasteiger partial charge is 0.303 e. The lowest BCUT2D eigenvalue weighted by Gasteiger charge is -2.19. The minimum Gasteiger partial charge on any atom is -0.481 e. The summed E-state index contributed by atoms with van der Waals surface area (Å²) in [6, 6.07) is 4.04. The van der Waals surface area contributed by atoms with Crippen LogP contribution in [0.2, 0.25) is 0 Å². The maximum atomic E-state index is 10.6. The van der Waals surface area contributed by atoms with Crippen LogP contribution in [0, 0.1) is 24.2 Å². The Morgan fingerprint density at radius 2 is 2.47 bits per heavy atom. The zero-order valence-electron chi connectivity index (χ0n) is 11.0. The van der Waals surface area contributed by atoms with Gasteiger partial charge in [-0.2, -0.15) is 5.26 Å². The molecule has 0 bridgehead atoms. The minimum absolute atomic E-state index is 0.213. The maximum absolute atomic E-state index is 10.6. The molecule has 2 rings (SSSR count). The number of carboxylic acid groups (broad SMARTS) is 1. The number of carboxylic acids is 1. The molecule has 5 heteroatoms. The van der Waals surface area contributed by atoms with Crippen LogP contribution in [-0.4, -0.2) is 29.1 Å². The van der Waals surface area contributed by atoms with E-state index >= 15 is 0 Å². The lowest BCUT2D eigenvalue weighted by atomic mass is 10.0. The van der Waals surface area contributed by atoms with Crippen molar-refractivity contribution in [3.8, 4) is 6.07 Å². The second-order valence-corrected chi connectivity index (χ2v) is 4.97. The Bertz CT molecular complexity index is 522. The minimum atomic E-state index is -0.746. The Morgan fingerprint density at radius 1 is 1.68 bits per heavy atom. The molecule has 0 aromatic carbocycles. The second-order valence-electron chi connectivity index (χ2n) is 4.97. The van der Waals surface area contributed by atoms with E-state index < -0.39 is 5.97 Å². The normalized spacial score (nSPS) is 18.3. The van der Waals surface area contributed by atoms with Gasteiger partial charge in [0.05, 0.1) is 5.56 Å². The molecule has 1 aliphatic rings. The van der Waals surface area contributed by atoms with Crippen molar-refractivity contribution < 1.29 is 9.90 Å². The third-order valence-electron chi connectivity index (χ3n) is 3.60. The van der Waals surface area contributed by atoms with E-state index in [4.69, 9.17) is 5.11 Å². The molecule has 1 atom stereocenters. The van der Waals surface area contributed by atoms with Gasteiger partial charge in [0.25, 0.3) is 0 Å². The first-order valence-corrected chi connectivity index (χ1v) is 6.44. The molecular formula is C14H17N3O2. The number of hydrogen-bond donors (Lipinski definition) is 1. The maximum Gasteiger partial charge on any atom is 0.303 e. The summed E-state index contributed by atoms with van der Waals surface area (Å²) >= 11 is 0. The fourth-order valence-corrected chi connectivity index (χ4v) is 2.51. The number of carbonyl (C=O) groups is 1. The number of anilines is 1. The van der Waals surface area contributed by atoms with Crippen molar-refractivity contribution in [3.63, 3.8) is 0 Å². The molecule has 1 aromatic rings. The monoisotopic (exact) mass is 259 g/mol. The molecule has 1 aliphatic heterocycles. The van der Waals surface area contributed by atoms with Crippen LogP contribution in [0.4, 0.5) is 5.82 Å². The average Bonchev–Trinajstić information content (AvgIpc) is 2.84. The SMILES string of the molecule is Cc1ccnc(N2CCC(CCC(=O)O)C2)c1C#N. The van der Waals surface area contributed by atoms with Gasteiger partial charge in [-0.1, -0.05) is 0 Å². The molecule has 1 fully saturated rings. The van der Waals surface area contributed by atoms with Crippen molar-refractivity contribution >= 4 is 11.8 Å².